The van der Waals surface area contributed by atoms with Gasteiger partial charge in [0.05, 0.1) is 37.6 Å². The molecule has 0 atom stereocenters. The maximum atomic E-state index is 14.8. The molecule has 0 N–H and O–H groups in total. The molecule has 0 aromatic heterocycles. The van der Waals surface area contributed by atoms with Crippen molar-refractivity contribution >= 4 is 23.9 Å². The van der Waals surface area contributed by atoms with Crippen molar-refractivity contribution in [2.75, 3.05) is 26.4 Å². The maximum Gasteiger partial charge on any atom is 0.343 e. The van der Waals surface area contributed by atoms with Crippen LogP contribution in [0.15, 0.2) is 85.0 Å². The Balaban J connectivity index is 1.42. The van der Waals surface area contributed by atoms with E-state index in [1.54, 1.807) is 26.0 Å². The molecule has 3 rings (SSSR count). The van der Waals surface area contributed by atoms with E-state index in [-0.39, 0.29) is 24.3 Å². The average molecular weight is 681 g/mol. The van der Waals surface area contributed by atoms with E-state index in [1.807, 2.05) is 0 Å². The molecule has 0 bridgehead atoms. The third kappa shape index (κ3) is 12.5. The number of benzene rings is 3. The molecule has 0 unspecified atom stereocenters. The Bertz CT molecular complexity index is 1630. The van der Waals surface area contributed by atoms with Crippen molar-refractivity contribution in [2.45, 2.75) is 46.0 Å². The molecule has 10 nitrogen and oxygen atoms in total. The molecule has 260 valence electrons. The first-order valence-electron chi connectivity index (χ1n) is 15.5. The summed E-state index contributed by atoms with van der Waals surface area (Å²) in [6.07, 6.45) is 3.68. The van der Waals surface area contributed by atoms with Gasteiger partial charge in [0.2, 0.25) is 11.6 Å². The Morgan fingerprint density at radius 3 is 1.31 bits per heavy atom. The summed E-state index contributed by atoms with van der Waals surface area (Å²) in [7, 11) is 0. The molecule has 3 aromatic rings. The zero-order valence-electron chi connectivity index (χ0n) is 27.4. The minimum absolute atomic E-state index is 0.0456. The molecule has 0 fully saturated rings. The Morgan fingerprint density at radius 1 is 0.531 bits per heavy atom. The Kier molecular flexibility index (Phi) is 15.0. The summed E-state index contributed by atoms with van der Waals surface area (Å²) in [6, 6.07) is 13.7. The molecule has 0 heterocycles. The highest BCUT2D eigenvalue weighted by molar-refractivity contribution is 5.92. The minimum Gasteiger partial charge on any atom is -0.494 e. The standard InChI is InChI=1S/C37H38F2O10/c1-24(2)34(40)46-21-8-6-5-7-20-44-28-14-10-26(11-15-28)36(42)48-30-18-19-31(33(39)32(30)38)49-37(43)27-12-16-29(17-13-27)45-22-9-23-47-35(41)25(3)4/h10-19H,1,3,5-9,20-23H2,2,4H3. The molecule has 0 spiro atoms. The Labute approximate surface area is 283 Å². The summed E-state index contributed by atoms with van der Waals surface area (Å²) < 4.78 is 60.8. The second-order valence-corrected chi connectivity index (χ2v) is 10.8. The van der Waals surface area contributed by atoms with E-state index in [4.69, 9.17) is 28.4 Å². The smallest absolute Gasteiger partial charge is 0.343 e. The number of unbranched alkanes of at least 4 members (excludes halogenated alkanes) is 3. The summed E-state index contributed by atoms with van der Waals surface area (Å²) in [5.74, 6) is -6.23. The quantitative estimate of drug-likeness (QED) is 0.0550. The molecule has 0 aliphatic heterocycles. The van der Waals surface area contributed by atoms with Gasteiger partial charge in [-0.05, 0) is 100 Å². The lowest BCUT2D eigenvalue weighted by Gasteiger charge is -2.11. The van der Waals surface area contributed by atoms with Gasteiger partial charge in [0.1, 0.15) is 11.5 Å². The molecule has 49 heavy (non-hydrogen) atoms. The number of ether oxygens (including phenoxy) is 6. The van der Waals surface area contributed by atoms with Crippen molar-refractivity contribution in [1.82, 2.24) is 0 Å². The van der Waals surface area contributed by atoms with Crippen molar-refractivity contribution in [1.29, 1.82) is 0 Å². The van der Waals surface area contributed by atoms with Gasteiger partial charge >= 0.3 is 23.9 Å². The third-order valence-electron chi connectivity index (χ3n) is 6.62. The molecular weight excluding hydrogens is 642 g/mol. The van der Waals surface area contributed by atoms with E-state index < -0.39 is 47.0 Å². The molecule has 3 aromatic carbocycles. The van der Waals surface area contributed by atoms with E-state index in [2.05, 4.69) is 13.2 Å². The second-order valence-electron chi connectivity index (χ2n) is 10.8. The number of hydrogen-bond acceptors (Lipinski definition) is 10. The van der Waals surface area contributed by atoms with Crippen molar-refractivity contribution in [3.63, 3.8) is 0 Å². The highest BCUT2D eigenvalue weighted by Gasteiger charge is 2.21. The van der Waals surface area contributed by atoms with Crippen LogP contribution in [0.4, 0.5) is 8.78 Å². The van der Waals surface area contributed by atoms with Crippen LogP contribution in [0.3, 0.4) is 0 Å². The minimum atomic E-state index is -1.51. The fourth-order valence-electron chi connectivity index (χ4n) is 3.94. The van der Waals surface area contributed by atoms with Crippen LogP contribution in [0.2, 0.25) is 0 Å². The number of rotatable bonds is 19. The van der Waals surface area contributed by atoms with Crippen LogP contribution in [-0.2, 0) is 19.1 Å². The maximum absolute atomic E-state index is 14.8. The molecule has 0 saturated heterocycles. The van der Waals surface area contributed by atoms with E-state index in [1.165, 1.54) is 36.4 Å². The number of carbonyl (C=O) groups excluding carboxylic acids is 4. The molecule has 0 radical (unpaired) electrons. The summed E-state index contributed by atoms with van der Waals surface area (Å²) in [5.41, 5.74) is 0.786. The normalized spacial score (nSPS) is 10.4. The van der Waals surface area contributed by atoms with Gasteiger partial charge in [0.15, 0.2) is 11.5 Å². The third-order valence-corrected chi connectivity index (χ3v) is 6.62. The number of hydrogen-bond donors (Lipinski definition) is 0. The first kappa shape index (κ1) is 37.9. The number of halogens is 2. The van der Waals surface area contributed by atoms with Gasteiger partial charge in [0, 0.05) is 17.6 Å². The lowest BCUT2D eigenvalue weighted by molar-refractivity contribution is -0.140. The van der Waals surface area contributed by atoms with Crippen molar-refractivity contribution in [2.24, 2.45) is 0 Å². The van der Waals surface area contributed by atoms with Gasteiger partial charge in [-0.2, -0.15) is 8.78 Å². The monoisotopic (exact) mass is 680 g/mol. The van der Waals surface area contributed by atoms with E-state index >= 15 is 0 Å². The van der Waals surface area contributed by atoms with Gasteiger partial charge in [-0.3, -0.25) is 0 Å². The van der Waals surface area contributed by atoms with Crippen LogP contribution in [0.25, 0.3) is 0 Å². The summed E-state index contributed by atoms with van der Waals surface area (Å²) in [5, 5.41) is 0. The molecule has 0 aliphatic carbocycles. The molecule has 0 amide bonds. The lowest BCUT2D eigenvalue weighted by Crippen LogP contribution is -2.12. The van der Waals surface area contributed by atoms with Crippen LogP contribution in [-0.4, -0.2) is 50.3 Å². The van der Waals surface area contributed by atoms with Crippen LogP contribution >= 0.6 is 0 Å². The zero-order chi connectivity index (χ0) is 35.8. The highest BCUT2D eigenvalue weighted by Crippen LogP contribution is 2.29. The fourth-order valence-corrected chi connectivity index (χ4v) is 3.94. The summed E-state index contributed by atoms with van der Waals surface area (Å²) in [6.45, 7) is 11.3. The molecule has 0 aliphatic rings. The second kappa shape index (κ2) is 19.3. The molecule has 12 heteroatoms. The average Bonchev–Trinajstić information content (AvgIpc) is 3.09. The van der Waals surface area contributed by atoms with E-state index in [0.717, 1.165) is 37.8 Å². The van der Waals surface area contributed by atoms with Crippen molar-refractivity contribution < 1.29 is 56.4 Å². The van der Waals surface area contributed by atoms with E-state index in [9.17, 15) is 28.0 Å². The highest BCUT2D eigenvalue weighted by atomic mass is 19.2. The zero-order valence-corrected chi connectivity index (χ0v) is 27.4. The topological polar surface area (TPSA) is 124 Å². The van der Waals surface area contributed by atoms with Gasteiger partial charge < -0.3 is 28.4 Å². The van der Waals surface area contributed by atoms with Gasteiger partial charge in [-0.25, -0.2) is 19.2 Å². The van der Waals surface area contributed by atoms with Gasteiger partial charge in [-0.15, -0.1) is 0 Å². The van der Waals surface area contributed by atoms with Crippen LogP contribution in [0, 0.1) is 11.6 Å². The van der Waals surface area contributed by atoms with Gasteiger partial charge in [0.25, 0.3) is 0 Å². The Morgan fingerprint density at radius 2 is 0.898 bits per heavy atom. The first-order valence-corrected chi connectivity index (χ1v) is 15.5. The SMILES string of the molecule is C=C(C)C(=O)OCCCCCCOc1ccc(C(=O)Oc2ccc(OC(=O)c3ccc(OCCCOC(=O)C(=C)C)cc3)c(F)c2F)cc1. The lowest BCUT2D eigenvalue weighted by atomic mass is 10.2. The van der Waals surface area contributed by atoms with Crippen molar-refractivity contribution in [3.8, 4) is 23.0 Å². The van der Waals surface area contributed by atoms with Gasteiger partial charge in [-0.1, -0.05) is 13.2 Å². The van der Waals surface area contributed by atoms with Crippen LogP contribution in [0.1, 0.15) is 66.7 Å². The summed E-state index contributed by atoms with van der Waals surface area (Å²) in [4.78, 5) is 47.8. The van der Waals surface area contributed by atoms with Crippen LogP contribution in [0.5, 0.6) is 23.0 Å². The van der Waals surface area contributed by atoms with Crippen LogP contribution < -0.4 is 18.9 Å². The predicted octanol–water partition coefficient (Wildman–Crippen LogP) is 7.35. The predicted molar refractivity (Wildman–Crippen MR) is 175 cm³/mol. The largest absolute Gasteiger partial charge is 0.494 e. The van der Waals surface area contributed by atoms with E-state index in [0.29, 0.717) is 42.3 Å². The Hall–Kier alpha value is -5.52. The van der Waals surface area contributed by atoms with Crippen molar-refractivity contribution in [3.05, 3.63) is 108 Å². The fraction of sp³-hybridized carbons (Fsp3) is 0.297. The number of esters is 4. The summed E-state index contributed by atoms with van der Waals surface area (Å²) >= 11 is 0. The number of carbonyl (C=O) groups is 4. The first-order chi connectivity index (χ1) is 23.5. The molecule has 0 saturated carbocycles. The molecular formula is C37H38F2O10.